The molecule has 10 nitrogen and oxygen atoms in total. The summed E-state index contributed by atoms with van der Waals surface area (Å²) in [6, 6.07) is 8.78. The van der Waals surface area contributed by atoms with Gasteiger partial charge >= 0.3 is 5.97 Å². The molecular formula is C22H28N6O4. The standard InChI is InChI=1S/C22H28N6O4/c23-21(24)17-4-3-15(5-6-20(29)30)18(14-17)32-13-10-25-22(31)16-7-11-28(12-8-16)19-2-1-9-26-27-19/h1-4,9,14,16H,5-8,10-13H2,(H3,23,24)(H,25,31)(H,29,30). The molecule has 10 heteroatoms. The molecule has 0 atom stereocenters. The van der Waals surface area contributed by atoms with Gasteiger partial charge in [0, 0.05) is 37.2 Å². The summed E-state index contributed by atoms with van der Waals surface area (Å²) in [7, 11) is 0. The number of ether oxygens (including phenoxy) is 1. The third kappa shape index (κ3) is 6.40. The summed E-state index contributed by atoms with van der Waals surface area (Å²) in [4.78, 5) is 25.5. The fraction of sp³-hybridized carbons (Fsp3) is 0.409. The summed E-state index contributed by atoms with van der Waals surface area (Å²) >= 11 is 0. The van der Waals surface area contributed by atoms with Gasteiger partial charge in [0.1, 0.15) is 18.2 Å². The van der Waals surface area contributed by atoms with Gasteiger partial charge in [0.2, 0.25) is 5.91 Å². The molecule has 1 amide bonds. The first-order valence-corrected chi connectivity index (χ1v) is 10.6. The highest BCUT2D eigenvalue weighted by Gasteiger charge is 2.25. The van der Waals surface area contributed by atoms with Crippen LogP contribution in [0.5, 0.6) is 5.75 Å². The van der Waals surface area contributed by atoms with Crippen molar-refractivity contribution < 1.29 is 19.4 Å². The van der Waals surface area contributed by atoms with E-state index >= 15 is 0 Å². The number of aliphatic carboxylic acids is 1. The summed E-state index contributed by atoms with van der Waals surface area (Å²) in [5.41, 5.74) is 6.77. The van der Waals surface area contributed by atoms with Crippen LogP contribution in [0.2, 0.25) is 0 Å². The van der Waals surface area contributed by atoms with Gasteiger partial charge in [-0.05, 0) is 43.0 Å². The number of nitrogen functional groups attached to an aromatic ring is 1. The van der Waals surface area contributed by atoms with Crippen LogP contribution in [0.15, 0.2) is 36.5 Å². The largest absolute Gasteiger partial charge is 0.491 e. The molecule has 1 aliphatic heterocycles. The van der Waals surface area contributed by atoms with E-state index in [9.17, 15) is 9.59 Å². The first-order valence-electron chi connectivity index (χ1n) is 10.6. The van der Waals surface area contributed by atoms with Crippen LogP contribution in [-0.4, -0.2) is 59.3 Å². The fourth-order valence-electron chi connectivity index (χ4n) is 3.62. The molecule has 0 aliphatic carbocycles. The second-order valence-corrected chi connectivity index (χ2v) is 7.61. The molecule has 2 aromatic rings. The smallest absolute Gasteiger partial charge is 0.303 e. The zero-order valence-corrected chi connectivity index (χ0v) is 17.8. The van der Waals surface area contributed by atoms with E-state index in [1.54, 1.807) is 24.4 Å². The van der Waals surface area contributed by atoms with Crippen molar-refractivity contribution in [2.75, 3.05) is 31.1 Å². The summed E-state index contributed by atoms with van der Waals surface area (Å²) in [5, 5.41) is 27.4. The van der Waals surface area contributed by atoms with E-state index in [0.29, 0.717) is 24.3 Å². The lowest BCUT2D eigenvalue weighted by Gasteiger charge is -2.31. The SMILES string of the molecule is N=C(N)c1ccc(CCC(=O)O)c(OCCNC(=O)C2CCN(c3cccnn3)CC2)c1. The van der Waals surface area contributed by atoms with E-state index in [0.717, 1.165) is 37.3 Å². The quantitative estimate of drug-likeness (QED) is 0.244. The molecule has 0 bridgehead atoms. The number of carbonyl (C=O) groups excluding carboxylic acids is 1. The van der Waals surface area contributed by atoms with E-state index < -0.39 is 5.97 Å². The Hall–Kier alpha value is -3.69. The van der Waals surface area contributed by atoms with Crippen molar-refractivity contribution in [2.24, 2.45) is 11.7 Å². The highest BCUT2D eigenvalue weighted by molar-refractivity contribution is 5.95. The number of benzene rings is 1. The van der Waals surface area contributed by atoms with Gasteiger partial charge < -0.3 is 25.8 Å². The molecule has 0 spiro atoms. The summed E-state index contributed by atoms with van der Waals surface area (Å²) < 4.78 is 5.79. The van der Waals surface area contributed by atoms with Crippen molar-refractivity contribution in [2.45, 2.75) is 25.7 Å². The van der Waals surface area contributed by atoms with Gasteiger partial charge in [-0.1, -0.05) is 12.1 Å². The van der Waals surface area contributed by atoms with Gasteiger partial charge in [0.05, 0.1) is 6.54 Å². The highest BCUT2D eigenvalue weighted by atomic mass is 16.5. The third-order valence-electron chi connectivity index (χ3n) is 5.39. The lowest BCUT2D eigenvalue weighted by Crippen LogP contribution is -2.41. The predicted molar refractivity (Wildman–Crippen MR) is 119 cm³/mol. The van der Waals surface area contributed by atoms with Crippen molar-refractivity contribution in [1.29, 1.82) is 5.41 Å². The summed E-state index contributed by atoms with van der Waals surface area (Å²) in [5.74, 6) is 0.243. The first kappa shape index (κ1) is 23.0. The maximum Gasteiger partial charge on any atom is 0.303 e. The minimum atomic E-state index is -0.899. The zero-order valence-electron chi connectivity index (χ0n) is 17.8. The van der Waals surface area contributed by atoms with Crippen molar-refractivity contribution in [3.05, 3.63) is 47.7 Å². The summed E-state index contributed by atoms with van der Waals surface area (Å²) in [6.45, 7) is 2.05. The molecule has 0 saturated carbocycles. The maximum atomic E-state index is 12.5. The first-order chi connectivity index (χ1) is 15.4. The monoisotopic (exact) mass is 440 g/mol. The number of hydrogen-bond donors (Lipinski definition) is 4. The number of aromatic nitrogens is 2. The molecule has 0 radical (unpaired) electrons. The Morgan fingerprint density at radius 3 is 2.72 bits per heavy atom. The topological polar surface area (TPSA) is 155 Å². The number of piperidine rings is 1. The molecule has 1 aromatic heterocycles. The zero-order chi connectivity index (χ0) is 22.9. The molecule has 1 aliphatic rings. The Bertz CT molecular complexity index is 945. The minimum absolute atomic E-state index is 0.00372. The Morgan fingerprint density at radius 1 is 1.28 bits per heavy atom. The molecular weight excluding hydrogens is 412 g/mol. The second-order valence-electron chi connectivity index (χ2n) is 7.61. The predicted octanol–water partition coefficient (Wildman–Crippen LogP) is 1.19. The van der Waals surface area contributed by atoms with Gasteiger partial charge in [0.25, 0.3) is 0 Å². The van der Waals surface area contributed by atoms with Crippen LogP contribution in [0.25, 0.3) is 0 Å². The van der Waals surface area contributed by atoms with Crippen molar-refractivity contribution in [3.63, 3.8) is 0 Å². The Kier molecular flexibility index (Phi) is 7.96. The number of carbonyl (C=O) groups is 2. The Balaban J connectivity index is 1.46. The van der Waals surface area contributed by atoms with Gasteiger partial charge in [0.15, 0.2) is 5.82 Å². The van der Waals surface area contributed by atoms with Crippen LogP contribution in [0.3, 0.4) is 0 Å². The number of rotatable bonds is 10. The minimum Gasteiger partial charge on any atom is -0.491 e. The second kappa shape index (κ2) is 11.1. The third-order valence-corrected chi connectivity index (χ3v) is 5.39. The van der Waals surface area contributed by atoms with E-state index in [4.69, 9.17) is 21.0 Å². The average Bonchev–Trinajstić information content (AvgIpc) is 2.81. The van der Waals surface area contributed by atoms with Gasteiger partial charge in [-0.2, -0.15) is 5.10 Å². The molecule has 170 valence electrons. The number of anilines is 1. The number of amides is 1. The van der Waals surface area contributed by atoms with E-state index in [1.165, 1.54) is 0 Å². The Morgan fingerprint density at radius 2 is 2.06 bits per heavy atom. The number of carboxylic acids is 1. The molecule has 0 unspecified atom stereocenters. The van der Waals surface area contributed by atoms with Gasteiger partial charge in [-0.15, -0.1) is 5.10 Å². The van der Waals surface area contributed by atoms with Crippen LogP contribution in [-0.2, 0) is 16.0 Å². The number of nitrogens with two attached hydrogens (primary N) is 1. The molecule has 1 aromatic carbocycles. The van der Waals surface area contributed by atoms with E-state index in [1.807, 2.05) is 12.1 Å². The number of nitrogens with one attached hydrogen (secondary N) is 2. The van der Waals surface area contributed by atoms with Crippen LogP contribution in [0.4, 0.5) is 5.82 Å². The number of carboxylic acid groups (broad SMARTS) is 1. The molecule has 32 heavy (non-hydrogen) atoms. The highest BCUT2D eigenvalue weighted by Crippen LogP contribution is 2.23. The summed E-state index contributed by atoms with van der Waals surface area (Å²) in [6.07, 6.45) is 3.39. The number of nitrogens with zero attached hydrogens (tertiary/aromatic N) is 3. The Labute approximate surface area is 186 Å². The normalized spacial score (nSPS) is 14.1. The average molecular weight is 441 g/mol. The molecule has 1 fully saturated rings. The number of amidine groups is 1. The molecule has 2 heterocycles. The molecule has 1 saturated heterocycles. The number of aryl methyl sites for hydroxylation is 1. The van der Waals surface area contributed by atoms with Gasteiger partial charge in [-0.3, -0.25) is 15.0 Å². The maximum absolute atomic E-state index is 12.5. The number of hydrogen-bond acceptors (Lipinski definition) is 7. The fourth-order valence-corrected chi connectivity index (χ4v) is 3.62. The molecule has 3 rings (SSSR count). The molecule has 5 N–H and O–H groups in total. The van der Waals surface area contributed by atoms with E-state index in [-0.39, 0.29) is 30.7 Å². The lowest BCUT2D eigenvalue weighted by atomic mass is 9.96. The van der Waals surface area contributed by atoms with Crippen molar-refractivity contribution in [3.8, 4) is 5.75 Å². The van der Waals surface area contributed by atoms with Crippen LogP contribution in [0, 0.1) is 11.3 Å². The van der Waals surface area contributed by atoms with Crippen molar-refractivity contribution >= 4 is 23.5 Å². The van der Waals surface area contributed by atoms with Crippen LogP contribution in [0.1, 0.15) is 30.4 Å². The van der Waals surface area contributed by atoms with Crippen LogP contribution < -0.4 is 20.7 Å². The van der Waals surface area contributed by atoms with Gasteiger partial charge in [-0.25, -0.2) is 0 Å². The van der Waals surface area contributed by atoms with E-state index in [2.05, 4.69) is 20.4 Å². The van der Waals surface area contributed by atoms with Crippen molar-refractivity contribution in [1.82, 2.24) is 15.5 Å². The van der Waals surface area contributed by atoms with Crippen LogP contribution >= 0.6 is 0 Å². The lowest BCUT2D eigenvalue weighted by molar-refractivity contribution is -0.137.